The number of aliphatic hydroxyl groups is 1. The maximum Gasteiger partial charge on any atom is 0.290 e. The molecule has 1 saturated carbocycles. The number of nitrogens with zero attached hydrogens (tertiary/aromatic N) is 1. The third-order valence-electron chi connectivity index (χ3n) is 6.32. The molecule has 1 aliphatic carbocycles. The van der Waals surface area contributed by atoms with Crippen molar-refractivity contribution in [1.82, 2.24) is 4.90 Å². The van der Waals surface area contributed by atoms with Gasteiger partial charge < -0.3 is 19.2 Å². The highest BCUT2D eigenvalue weighted by Crippen LogP contribution is 2.44. The summed E-state index contributed by atoms with van der Waals surface area (Å²) in [4.78, 5) is 28.5. The van der Waals surface area contributed by atoms with Gasteiger partial charge in [-0.15, -0.1) is 0 Å². The Morgan fingerprint density at radius 1 is 1.16 bits per heavy atom. The minimum Gasteiger partial charge on any atom is -0.503 e. The number of ether oxygens (including phenoxy) is 1. The molecular formula is C25H22BrNO5. The van der Waals surface area contributed by atoms with Gasteiger partial charge in [0.1, 0.15) is 11.3 Å². The van der Waals surface area contributed by atoms with Gasteiger partial charge in [0.25, 0.3) is 5.91 Å². The number of benzene rings is 2. The standard InChI is InChI=1S/C25H22BrNO5/c1-31-18-8-4-5-14(12-18)22-21(24(29)25(30)27(22)17-6-2-3-7-17)23(28)20-13-15-11-16(26)9-10-19(15)32-20/h4-5,8-13,17,22,29H,2-3,6-7H2,1H3. The summed E-state index contributed by atoms with van der Waals surface area (Å²) in [7, 11) is 1.57. The Morgan fingerprint density at radius 2 is 1.94 bits per heavy atom. The summed E-state index contributed by atoms with van der Waals surface area (Å²) < 4.78 is 12.0. The number of hydrogen-bond acceptors (Lipinski definition) is 5. The Labute approximate surface area is 193 Å². The first-order valence-corrected chi connectivity index (χ1v) is 11.4. The molecule has 2 aromatic carbocycles. The molecule has 2 heterocycles. The molecule has 1 aliphatic heterocycles. The highest BCUT2D eigenvalue weighted by Gasteiger charge is 2.47. The lowest BCUT2D eigenvalue weighted by molar-refractivity contribution is -0.131. The van der Waals surface area contributed by atoms with Crippen molar-refractivity contribution < 1.29 is 23.8 Å². The number of Topliss-reactive ketones (excluding diaryl/α,β-unsaturated/α-hetero) is 1. The Morgan fingerprint density at radius 3 is 2.69 bits per heavy atom. The van der Waals surface area contributed by atoms with Gasteiger partial charge in [0.05, 0.1) is 18.7 Å². The molecule has 0 saturated heterocycles. The number of carbonyl (C=O) groups is 2. The predicted molar refractivity (Wildman–Crippen MR) is 123 cm³/mol. The van der Waals surface area contributed by atoms with Crippen LogP contribution in [0.2, 0.25) is 0 Å². The topological polar surface area (TPSA) is 80.0 Å². The van der Waals surface area contributed by atoms with Gasteiger partial charge in [0.2, 0.25) is 5.78 Å². The number of aliphatic hydroxyl groups excluding tert-OH is 1. The molecule has 32 heavy (non-hydrogen) atoms. The minimum atomic E-state index is -0.701. The number of amides is 1. The average molecular weight is 496 g/mol. The second-order valence-electron chi connectivity index (χ2n) is 8.21. The van der Waals surface area contributed by atoms with E-state index >= 15 is 0 Å². The predicted octanol–water partition coefficient (Wildman–Crippen LogP) is 5.72. The zero-order valence-corrected chi connectivity index (χ0v) is 19.1. The first kappa shape index (κ1) is 20.8. The van der Waals surface area contributed by atoms with Gasteiger partial charge in [-0.05, 0) is 54.8 Å². The Balaban J connectivity index is 1.62. The summed E-state index contributed by atoms with van der Waals surface area (Å²) in [5.41, 5.74) is 1.33. The number of fused-ring (bicyclic) bond motifs is 1. The fourth-order valence-corrected chi connectivity index (χ4v) is 5.19. The maximum atomic E-state index is 13.6. The molecule has 1 atom stereocenters. The summed E-state index contributed by atoms with van der Waals surface area (Å²) in [5, 5.41) is 11.6. The van der Waals surface area contributed by atoms with Crippen molar-refractivity contribution in [3.8, 4) is 5.75 Å². The van der Waals surface area contributed by atoms with Gasteiger partial charge in [0.15, 0.2) is 11.5 Å². The number of carbonyl (C=O) groups excluding carboxylic acids is 2. The van der Waals surface area contributed by atoms with Crippen molar-refractivity contribution in [2.24, 2.45) is 0 Å². The van der Waals surface area contributed by atoms with Crippen LogP contribution in [0.1, 0.15) is 47.8 Å². The van der Waals surface area contributed by atoms with Crippen molar-refractivity contribution in [2.75, 3.05) is 7.11 Å². The summed E-state index contributed by atoms with van der Waals surface area (Å²) in [5.74, 6) is -0.790. The van der Waals surface area contributed by atoms with Gasteiger partial charge in [0, 0.05) is 15.9 Å². The quantitative estimate of drug-likeness (QED) is 0.457. The molecular weight excluding hydrogens is 474 g/mol. The Hall–Kier alpha value is -3.06. The molecule has 0 bridgehead atoms. The van der Waals surface area contributed by atoms with E-state index < -0.39 is 23.5 Å². The molecule has 7 heteroatoms. The fourth-order valence-electron chi connectivity index (χ4n) is 4.81. The Bertz CT molecular complexity index is 1250. The number of hydrogen-bond donors (Lipinski definition) is 1. The molecule has 1 N–H and O–H groups in total. The molecule has 1 fully saturated rings. The van der Waals surface area contributed by atoms with Crippen molar-refractivity contribution >= 4 is 38.6 Å². The van der Waals surface area contributed by atoms with Crippen molar-refractivity contribution in [2.45, 2.75) is 37.8 Å². The lowest BCUT2D eigenvalue weighted by Crippen LogP contribution is -2.38. The van der Waals surface area contributed by atoms with Crippen LogP contribution >= 0.6 is 15.9 Å². The van der Waals surface area contributed by atoms with E-state index in [2.05, 4.69) is 15.9 Å². The van der Waals surface area contributed by atoms with Crippen molar-refractivity contribution in [3.63, 3.8) is 0 Å². The Kier molecular flexibility index (Phi) is 5.29. The maximum absolute atomic E-state index is 13.6. The summed E-state index contributed by atoms with van der Waals surface area (Å²) in [6.07, 6.45) is 3.72. The second kappa shape index (κ2) is 8.13. The molecule has 0 radical (unpaired) electrons. The fraction of sp³-hybridized carbons (Fsp3) is 0.280. The van der Waals surface area contributed by atoms with Crippen LogP contribution in [0.15, 0.2) is 68.8 Å². The van der Waals surface area contributed by atoms with E-state index in [1.54, 1.807) is 24.1 Å². The van der Waals surface area contributed by atoms with Crippen LogP contribution in [0, 0.1) is 0 Å². The van der Waals surface area contributed by atoms with E-state index in [1.165, 1.54) is 0 Å². The van der Waals surface area contributed by atoms with Crippen LogP contribution in [0.4, 0.5) is 0 Å². The minimum absolute atomic E-state index is 0.0298. The third-order valence-corrected chi connectivity index (χ3v) is 6.81. The average Bonchev–Trinajstić information content (AvgIpc) is 3.52. The van der Waals surface area contributed by atoms with Gasteiger partial charge in [-0.1, -0.05) is 40.9 Å². The van der Waals surface area contributed by atoms with Gasteiger partial charge in [-0.2, -0.15) is 0 Å². The zero-order chi connectivity index (χ0) is 22.4. The SMILES string of the molecule is COc1cccc(C2C(C(=O)c3cc4cc(Br)ccc4o3)=C(O)C(=O)N2C2CCCC2)c1. The van der Waals surface area contributed by atoms with Crippen molar-refractivity contribution in [3.05, 3.63) is 75.7 Å². The van der Waals surface area contributed by atoms with E-state index in [-0.39, 0.29) is 17.4 Å². The second-order valence-corrected chi connectivity index (χ2v) is 9.13. The van der Waals surface area contributed by atoms with Crippen LogP contribution in [0.3, 0.4) is 0 Å². The van der Waals surface area contributed by atoms with Crippen LogP contribution in [0.25, 0.3) is 11.0 Å². The van der Waals surface area contributed by atoms with Gasteiger partial charge in [-0.25, -0.2) is 0 Å². The van der Waals surface area contributed by atoms with Gasteiger partial charge in [-0.3, -0.25) is 9.59 Å². The van der Waals surface area contributed by atoms with Crippen molar-refractivity contribution in [1.29, 1.82) is 0 Å². The lowest BCUT2D eigenvalue weighted by atomic mass is 9.94. The number of furan rings is 1. The molecule has 164 valence electrons. The molecule has 1 unspecified atom stereocenters. The largest absolute Gasteiger partial charge is 0.503 e. The molecule has 0 spiro atoms. The zero-order valence-electron chi connectivity index (χ0n) is 17.5. The molecule has 1 amide bonds. The van der Waals surface area contributed by atoms with E-state index in [0.29, 0.717) is 11.3 Å². The highest BCUT2D eigenvalue weighted by atomic mass is 79.9. The molecule has 1 aromatic heterocycles. The summed E-state index contributed by atoms with van der Waals surface area (Å²) in [6, 6.07) is 13.7. The monoisotopic (exact) mass is 495 g/mol. The van der Waals surface area contributed by atoms with E-state index in [4.69, 9.17) is 9.15 Å². The van der Waals surface area contributed by atoms with Crippen LogP contribution in [0.5, 0.6) is 5.75 Å². The molecule has 6 nitrogen and oxygen atoms in total. The smallest absolute Gasteiger partial charge is 0.290 e. The van der Waals surface area contributed by atoms with Gasteiger partial charge >= 0.3 is 0 Å². The van der Waals surface area contributed by atoms with E-state index in [0.717, 1.165) is 41.1 Å². The summed E-state index contributed by atoms with van der Waals surface area (Å²) in [6.45, 7) is 0. The summed E-state index contributed by atoms with van der Waals surface area (Å²) >= 11 is 3.42. The molecule has 5 rings (SSSR count). The highest BCUT2D eigenvalue weighted by molar-refractivity contribution is 9.10. The van der Waals surface area contributed by atoms with E-state index in [1.807, 2.05) is 36.4 Å². The lowest BCUT2D eigenvalue weighted by Gasteiger charge is -2.32. The van der Waals surface area contributed by atoms with Crippen LogP contribution in [-0.2, 0) is 4.79 Å². The number of ketones is 1. The molecule has 2 aliphatic rings. The number of halogens is 1. The van der Waals surface area contributed by atoms with Crippen LogP contribution in [-0.4, -0.2) is 34.8 Å². The number of methoxy groups -OCH3 is 1. The number of rotatable bonds is 5. The molecule has 3 aromatic rings. The van der Waals surface area contributed by atoms with Crippen LogP contribution < -0.4 is 4.74 Å². The first-order valence-electron chi connectivity index (χ1n) is 10.6. The third kappa shape index (κ3) is 3.41. The normalized spacial score (nSPS) is 19.4. The van der Waals surface area contributed by atoms with E-state index in [9.17, 15) is 14.7 Å². The first-order chi connectivity index (χ1) is 15.5.